The van der Waals surface area contributed by atoms with Gasteiger partial charge in [0.2, 0.25) is 0 Å². The molecule has 0 aliphatic carbocycles. The summed E-state index contributed by atoms with van der Waals surface area (Å²) in [6.07, 6.45) is 0.475. The van der Waals surface area contributed by atoms with Crippen LogP contribution in [-0.2, 0) is 11.2 Å². The number of halogens is 1. The van der Waals surface area contributed by atoms with Crippen LogP contribution in [0.5, 0.6) is 11.5 Å². The molecule has 1 amide bonds. The molecule has 0 saturated carbocycles. The molecule has 0 saturated heterocycles. The van der Waals surface area contributed by atoms with Crippen LogP contribution in [0.3, 0.4) is 0 Å². The lowest BCUT2D eigenvalue weighted by Crippen LogP contribution is -2.49. The Bertz CT molecular complexity index is 1260. The molecule has 2 aliphatic heterocycles. The Labute approximate surface area is 196 Å². The Kier molecular flexibility index (Phi) is 5.25. The van der Waals surface area contributed by atoms with Crippen molar-refractivity contribution >= 4 is 23.5 Å². The minimum absolute atomic E-state index is 0.193. The minimum atomic E-state index is -1.06. The van der Waals surface area contributed by atoms with E-state index in [4.69, 9.17) is 21.1 Å². The first kappa shape index (κ1) is 21.3. The van der Waals surface area contributed by atoms with E-state index in [2.05, 4.69) is 5.32 Å². The smallest absolute Gasteiger partial charge is 0.335 e. The number of carbonyl (C=O) groups is 2. The molecule has 5 rings (SSSR count). The molecule has 2 heterocycles. The molecule has 0 unspecified atom stereocenters. The zero-order valence-electron chi connectivity index (χ0n) is 17.9. The number of carboxylic acids is 1. The van der Waals surface area contributed by atoms with Gasteiger partial charge in [0.05, 0.1) is 11.6 Å². The highest BCUT2D eigenvalue weighted by molar-refractivity contribution is 6.30. The summed E-state index contributed by atoms with van der Waals surface area (Å²) < 4.78 is 12.2. The van der Waals surface area contributed by atoms with E-state index in [1.54, 1.807) is 37.3 Å². The fourth-order valence-electron chi connectivity index (χ4n) is 4.50. The molecule has 3 atom stereocenters. The van der Waals surface area contributed by atoms with Crippen LogP contribution in [0, 0.1) is 0 Å². The molecule has 0 spiro atoms. The fourth-order valence-corrected chi connectivity index (χ4v) is 4.69. The number of hydrogen-bond donors (Lipinski definition) is 2. The second kappa shape index (κ2) is 8.12. The average molecular weight is 464 g/mol. The highest BCUT2D eigenvalue weighted by Gasteiger charge is 2.43. The Hall–Kier alpha value is -3.51. The standard InChI is InChI=1S/C26H22ClNO5/c1-26(14-17-12-18(27)9-10-21(17)33-26)25(31)28-20-13-23(32-22-8-3-2-7-19(20)22)15-5-4-6-16(11-15)24(29)30/h2-12,20,23H,13-14H2,1H3,(H,28,31)(H,29,30)/t20-,23-,26-/m1/s1. The van der Waals surface area contributed by atoms with E-state index in [1.807, 2.05) is 36.4 Å². The third-order valence-corrected chi connectivity index (χ3v) is 6.43. The first-order chi connectivity index (χ1) is 15.8. The van der Waals surface area contributed by atoms with Gasteiger partial charge in [0.15, 0.2) is 5.60 Å². The van der Waals surface area contributed by atoms with Crippen LogP contribution in [0.25, 0.3) is 0 Å². The third-order valence-electron chi connectivity index (χ3n) is 6.19. The molecular weight excluding hydrogens is 442 g/mol. The molecule has 3 aromatic carbocycles. The van der Waals surface area contributed by atoms with Gasteiger partial charge in [-0.15, -0.1) is 0 Å². The van der Waals surface area contributed by atoms with Gasteiger partial charge >= 0.3 is 5.97 Å². The lowest BCUT2D eigenvalue weighted by Gasteiger charge is -2.34. The van der Waals surface area contributed by atoms with E-state index in [0.29, 0.717) is 29.4 Å². The molecule has 0 radical (unpaired) electrons. The third kappa shape index (κ3) is 4.02. The van der Waals surface area contributed by atoms with Crippen molar-refractivity contribution in [3.63, 3.8) is 0 Å². The number of benzene rings is 3. The van der Waals surface area contributed by atoms with Gasteiger partial charge in [0, 0.05) is 29.0 Å². The maximum atomic E-state index is 13.4. The van der Waals surface area contributed by atoms with Crippen LogP contribution in [0.4, 0.5) is 0 Å². The van der Waals surface area contributed by atoms with E-state index >= 15 is 0 Å². The fraction of sp³-hybridized carbons (Fsp3) is 0.231. The van der Waals surface area contributed by atoms with Crippen LogP contribution < -0.4 is 14.8 Å². The number of carbonyl (C=O) groups excluding carboxylic acids is 1. The number of rotatable bonds is 4. The molecule has 2 aliphatic rings. The molecule has 6 nitrogen and oxygen atoms in total. The summed E-state index contributed by atoms with van der Waals surface area (Å²) in [5.74, 6) is 0.0959. The Morgan fingerprint density at radius 3 is 2.70 bits per heavy atom. The number of para-hydroxylation sites is 1. The number of fused-ring (bicyclic) bond motifs is 2. The monoisotopic (exact) mass is 463 g/mol. The van der Waals surface area contributed by atoms with E-state index in [0.717, 1.165) is 16.7 Å². The molecule has 0 fully saturated rings. The van der Waals surface area contributed by atoms with Gasteiger partial charge in [0.25, 0.3) is 5.91 Å². The highest BCUT2D eigenvalue weighted by Crippen LogP contribution is 2.42. The molecule has 33 heavy (non-hydrogen) atoms. The number of nitrogens with one attached hydrogen (secondary N) is 1. The van der Waals surface area contributed by atoms with Crippen LogP contribution in [0.1, 0.15) is 52.5 Å². The first-order valence-electron chi connectivity index (χ1n) is 10.7. The van der Waals surface area contributed by atoms with Gasteiger partial charge in [-0.2, -0.15) is 0 Å². The average Bonchev–Trinajstić information content (AvgIpc) is 3.15. The summed E-state index contributed by atoms with van der Waals surface area (Å²) in [6.45, 7) is 1.77. The maximum absolute atomic E-state index is 13.4. The molecule has 168 valence electrons. The Morgan fingerprint density at radius 2 is 1.88 bits per heavy atom. The molecule has 3 aromatic rings. The maximum Gasteiger partial charge on any atom is 0.335 e. The number of ether oxygens (including phenoxy) is 2. The van der Waals surface area contributed by atoms with E-state index in [1.165, 1.54) is 0 Å². The Balaban J connectivity index is 1.41. The second-order valence-corrected chi connectivity index (χ2v) is 9.03. The quantitative estimate of drug-likeness (QED) is 0.561. The summed E-state index contributed by atoms with van der Waals surface area (Å²) in [4.78, 5) is 24.8. The highest BCUT2D eigenvalue weighted by atomic mass is 35.5. The molecule has 0 aromatic heterocycles. The van der Waals surface area contributed by atoms with Crippen molar-refractivity contribution < 1.29 is 24.2 Å². The number of aromatic carboxylic acids is 1. The van der Waals surface area contributed by atoms with E-state index in [-0.39, 0.29) is 17.5 Å². The summed E-state index contributed by atoms with van der Waals surface area (Å²) in [6, 6.07) is 19.3. The van der Waals surface area contributed by atoms with Crippen molar-refractivity contribution in [3.8, 4) is 11.5 Å². The lowest BCUT2D eigenvalue weighted by atomic mass is 9.91. The number of amides is 1. The van der Waals surface area contributed by atoms with Crippen molar-refractivity contribution in [1.82, 2.24) is 5.32 Å². The van der Waals surface area contributed by atoms with Gasteiger partial charge in [-0.3, -0.25) is 4.79 Å². The second-order valence-electron chi connectivity index (χ2n) is 8.60. The van der Waals surface area contributed by atoms with Gasteiger partial charge < -0.3 is 19.9 Å². The molecule has 2 N–H and O–H groups in total. The van der Waals surface area contributed by atoms with Crippen molar-refractivity contribution in [3.05, 3.63) is 94.0 Å². The zero-order chi connectivity index (χ0) is 23.2. The van der Waals surface area contributed by atoms with Gasteiger partial charge in [-0.05, 0) is 48.9 Å². The summed E-state index contributed by atoms with van der Waals surface area (Å²) in [5, 5.41) is 13.1. The van der Waals surface area contributed by atoms with Crippen molar-refractivity contribution in [1.29, 1.82) is 0 Å². The molecular formula is C26H22ClNO5. The van der Waals surface area contributed by atoms with Crippen molar-refractivity contribution in [2.75, 3.05) is 0 Å². The van der Waals surface area contributed by atoms with E-state index < -0.39 is 17.7 Å². The summed E-state index contributed by atoms with van der Waals surface area (Å²) in [7, 11) is 0. The van der Waals surface area contributed by atoms with Crippen molar-refractivity contribution in [2.45, 2.75) is 37.5 Å². The van der Waals surface area contributed by atoms with Gasteiger partial charge in [-0.1, -0.05) is 41.9 Å². The predicted octanol–water partition coefficient (Wildman–Crippen LogP) is 5.11. The normalized spacial score (nSPS) is 23.0. The number of hydrogen-bond acceptors (Lipinski definition) is 4. The van der Waals surface area contributed by atoms with Crippen LogP contribution in [0.2, 0.25) is 5.02 Å². The summed E-state index contributed by atoms with van der Waals surface area (Å²) >= 11 is 6.11. The largest absolute Gasteiger partial charge is 0.485 e. The Morgan fingerprint density at radius 1 is 1.06 bits per heavy atom. The van der Waals surface area contributed by atoms with Crippen LogP contribution >= 0.6 is 11.6 Å². The van der Waals surface area contributed by atoms with Crippen LogP contribution in [0.15, 0.2) is 66.7 Å². The molecule has 7 heteroatoms. The zero-order valence-corrected chi connectivity index (χ0v) is 18.6. The molecule has 0 bridgehead atoms. The minimum Gasteiger partial charge on any atom is -0.485 e. The SMILES string of the molecule is C[C@]1(C(=O)N[C@@H]2C[C@H](c3cccc(C(=O)O)c3)Oc3ccccc32)Cc2cc(Cl)ccc2O1. The van der Waals surface area contributed by atoms with Gasteiger partial charge in [0.1, 0.15) is 17.6 Å². The van der Waals surface area contributed by atoms with Crippen LogP contribution in [-0.4, -0.2) is 22.6 Å². The topological polar surface area (TPSA) is 84.9 Å². The van der Waals surface area contributed by atoms with Gasteiger partial charge in [-0.25, -0.2) is 4.79 Å². The van der Waals surface area contributed by atoms with E-state index in [9.17, 15) is 14.7 Å². The predicted molar refractivity (Wildman–Crippen MR) is 123 cm³/mol. The first-order valence-corrected chi connectivity index (χ1v) is 11.1. The summed E-state index contributed by atoms with van der Waals surface area (Å²) in [5.41, 5.74) is 1.65. The van der Waals surface area contributed by atoms with Crippen molar-refractivity contribution in [2.24, 2.45) is 0 Å². The lowest BCUT2D eigenvalue weighted by molar-refractivity contribution is -0.135. The number of carboxylic acid groups (broad SMARTS) is 1.